The number of nitrogens with zero attached hydrogens (tertiary/aromatic N) is 6. The average Bonchev–Trinajstić information content (AvgIpc) is 4.21. The minimum Gasteiger partial charge on any atom is -0.456 e. The monoisotopic (exact) mass is 852 g/mol. The van der Waals surface area contributed by atoms with Crippen molar-refractivity contribution in [2.45, 2.75) is 0 Å². The summed E-state index contributed by atoms with van der Waals surface area (Å²) in [5.41, 5.74) is 13.5. The largest absolute Gasteiger partial charge is 0.456 e. The number of anilines is 2. The van der Waals surface area contributed by atoms with Crippen molar-refractivity contribution < 1.29 is 13.6 Å². The number of fused-ring (bicyclic) bond motifs is 11. The Balaban J connectivity index is 0.933. The quantitative estimate of drug-likeness (QED) is 0.158. The number of benzene rings is 8. The normalized spacial score (nSPS) is 13.0. The van der Waals surface area contributed by atoms with Gasteiger partial charge >= 0.3 is 0 Å². The lowest BCUT2D eigenvalue weighted by Crippen LogP contribution is -2.25. The molecule has 0 aliphatic carbocycles. The van der Waals surface area contributed by atoms with Gasteiger partial charge < -0.3 is 23.4 Å². The van der Waals surface area contributed by atoms with Crippen LogP contribution in [-0.4, -0.2) is 25.6 Å². The predicted molar refractivity (Wildman–Crippen MR) is 265 cm³/mol. The first-order chi connectivity index (χ1) is 32.7. The molecule has 0 amide bonds. The third-order valence-electron chi connectivity index (χ3n) is 12.9. The van der Waals surface area contributed by atoms with Crippen LogP contribution in [0, 0.1) is 0 Å². The summed E-state index contributed by atoms with van der Waals surface area (Å²) in [5.74, 6) is 2.77. The molecule has 5 aromatic heterocycles. The van der Waals surface area contributed by atoms with Gasteiger partial charge in [0, 0.05) is 75.2 Å². The second-order valence-corrected chi connectivity index (χ2v) is 16.7. The molecule has 312 valence electrons. The van der Waals surface area contributed by atoms with Gasteiger partial charge in [-0.2, -0.15) is 0 Å². The molecule has 0 spiro atoms. The lowest BCUT2D eigenvalue weighted by molar-refractivity contribution is 0.477. The molecule has 13 aromatic rings. The fourth-order valence-electron chi connectivity index (χ4n) is 9.86. The molecule has 1 aliphatic heterocycles. The standard InChI is InChI=1S/C57H36N6O3/c1-3-14-36(15-4-1)40-19-13-20-41(37-16-5-2-6-17-37)55(40)61-29-28-60(35-61)38-30-45-44-33-43-42-18-7-10-23-50(42)65-51(43)34-52(44)66-56(45)53(31-38)64-39-25-26-48-49(32-39)63(54-24-11-12-27-58-54)57-59-46-21-8-9-22-47(46)62(48)57/h1-34H,35H2. The van der Waals surface area contributed by atoms with Crippen LogP contribution in [-0.2, 0) is 0 Å². The Labute approximate surface area is 376 Å². The summed E-state index contributed by atoms with van der Waals surface area (Å²) in [4.78, 5) is 14.5. The first kappa shape index (κ1) is 36.4. The molecular weight excluding hydrogens is 817 g/mol. The van der Waals surface area contributed by atoms with Crippen molar-refractivity contribution in [3.05, 3.63) is 207 Å². The van der Waals surface area contributed by atoms with Crippen LogP contribution in [0.4, 0.5) is 11.4 Å². The van der Waals surface area contributed by atoms with Crippen LogP contribution in [0.2, 0.25) is 0 Å². The molecule has 9 heteroatoms. The van der Waals surface area contributed by atoms with Crippen LogP contribution in [0.25, 0.3) is 99.8 Å². The number of aromatic nitrogens is 4. The maximum Gasteiger partial charge on any atom is 0.221 e. The molecule has 6 heterocycles. The number of furan rings is 2. The van der Waals surface area contributed by atoms with Crippen LogP contribution in [0.3, 0.4) is 0 Å². The van der Waals surface area contributed by atoms with Gasteiger partial charge in [0.25, 0.3) is 0 Å². The van der Waals surface area contributed by atoms with Gasteiger partial charge in [0.1, 0.15) is 28.3 Å². The minimum absolute atomic E-state index is 0.568. The van der Waals surface area contributed by atoms with Crippen molar-refractivity contribution in [3.63, 3.8) is 0 Å². The van der Waals surface area contributed by atoms with E-state index < -0.39 is 0 Å². The molecule has 0 unspecified atom stereocenters. The highest BCUT2D eigenvalue weighted by Crippen LogP contribution is 2.46. The third-order valence-corrected chi connectivity index (χ3v) is 12.9. The average molecular weight is 853 g/mol. The van der Waals surface area contributed by atoms with Gasteiger partial charge in [-0.25, -0.2) is 9.97 Å². The summed E-state index contributed by atoms with van der Waals surface area (Å²) in [6.45, 7) is 0.568. The van der Waals surface area contributed by atoms with E-state index in [-0.39, 0.29) is 0 Å². The van der Waals surface area contributed by atoms with Crippen LogP contribution in [0.15, 0.2) is 215 Å². The van der Waals surface area contributed by atoms with Crippen molar-refractivity contribution in [2.75, 3.05) is 16.5 Å². The van der Waals surface area contributed by atoms with E-state index in [1.54, 1.807) is 6.20 Å². The van der Waals surface area contributed by atoms with E-state index in [0.717, 1.165) is 100 Å². The molecule has 14 rings (SSSR count). The highest BCUT2D eigenvalue weighted by molar-refractivity contribution is 6.16. The number of imidazole rings is 2. The Morgan fingerprint density at radius 2 is 1.23 bits per heavy atom. The van der Waals surface area contributed by atoms with E-state index in [2.05, 4.69) is 152 Å². The van der Waals surface area contributed by atoms with Crippen molar-refractivity contribution in [1.29, 1.82) is 0 Å². The first-order valence-electron chi connectivity index (χ1n) is 22.0. The molecule has 8 aromatic carbocycles. The molecule has 0 saturated heterocycles. The van der Waals surface area contributed by atoms with E-state index in [0.29, 0.717) is 29.3 Å². The maximum absolute atomic E-state index is 7.05. The number of hydrogen-bond donors (Lipinski definition) is 0. The number of ether oxygens (including phenoxy) is 1. The molecule has 0 saturated carbocycles. The molecule has 0 radical (unpaired) electrons. The predicted octanol–water partition coefficient (Wildman–Crippen LogP) is 14.5. The van der Waals surface area contributed by atoms with Gasteiger partial charge in [0.05, 0.1) is 34.4 Å². The van der Waals surface area contributed by atoms with Crippen LogP contribution >= 0.6 is 0 Å². The molecule has 0 atom stereocenters. The SMILES string of the molecule is C1=CN(c2c(-c3ccccc3)cccc2-c2ccccc2)CN1c1cc(Oc2ccc3c(c2)n(-c2ccccn2)c2nc4ccccc4n32)c2oc3cc4oc5ccccc5c4cc3c2c1. The van der Waals surface area contributed by atoms with Crippen molar-refractivity contribution >= 4 is 83.1 Å². The second kappa shape index (κ2) is 14.2. The van der Waals surface area contributed by atoms with Gasteiger partial charge in [-0.15, -0.1) is 0 Å². The zero-order chi connectivity index (χ0) is 43.3. The van der Waals surface area contributed by atoms with Crippen molar-refractivity contribution in [1.82, 2.24) is 18.9 Å². The van der Waals surface area contributed by atoms with Gasteiger partial charge in [-0.05, 0) is 65.7 Å². The lowest BCUT2D eigenvalue weighted by Gasteiger charge is -2.26. The fraction of sp³-hybridized carbons (Fsp3) is 0.0175. The Kier molecular flexibility index (Phi) is 7.84. The van der Waals surface area contributed by atoms with E-state index in [1.807, 2.05) is 66.7 Å². The van der Waals surface area contributed by atoms with E-state index in [9.17, 15) is 0 Å². The Morgan fingerprint density at radius 3 is 2.05 bits per heavy atom. The zero-order valence-corrected chi connectivity index (χ0v) is 35.2. The molecular formula is C57H36N6O3. The van der Waals surface area contributed by atoms with Crippen LogP contribution in [0.5, 0.6) is 11.5 Å². The topological polar surface area (TPSA) is 77.1 Å². The molecule has 9 nitrogen and oxygen atoms in total. The summed E-state index contributed by atoms with van der Waals surface area (Å²) in [6.07, 6.45) is 6.13. The molecule has 66 heavy (non-hydrogen) atoms. The number of hydrogen-bond acceptors (Lipinski definition) is 7. The second-order valence-electron chi connectivity index (χ2n) is 16.7. The number of para-hydroxylation sites is 4. The summed E-state index contributed by atoms with van der Waals surface area (Å²) in [5, 5.41) is 4.01. The maximum atomic E-state index is 7.05. The van der Waals surface area contributed by atoms with Gasteiger partial charge in [-0.3, -0.25) is 8.97 Å². The van der Waals surface area contributed by atoms with Gasteiger partial charge in [-0.1, -0.05) is 115 Å². The molecule has 0 fully saturated rings. The molecule has 0 bridgehead atoms. The Bertz CT molecular complexity index is 4020. The summed E-state index contributed by atoms with van der Waals surface area (Å²) < 4.78 is 24.5. The highest BCUT2D eigenvalue weighted by Gasteiger charge is 2.26. The lowest BCUT2D eigenvalue weighted by atomic mass is 9.95. The Hall–Kier alpha value is -9.08. The first-order valence-corrected chi connectivity index (χ1v) is 22.0. The smallest absolute Gasteiger partial charge is 0.221 e. The highest BCUT2D eigenvalue weighted by atomic mass is 16.5. The van der Waals surface area contributed by atoms with Gasteiger partial charge in [0.2, 0.25) is 5.78 Å². The van der Waals surface area contributed by atoms with Crippen molar-refractivity contribution in [3.8, 4) is 39.6 Å². The van der Waals surface area contributed by atoms with E-state index in [1.165, 1.54) is 0 Å². The number of pyridine rings is 1. The summed E-state index contributed by atoms with van der Waals surface area (Å²) in [6, 6.07) is 64.7. The third kappa shape index (κ3) is 5.60. The van der Waals surface area contributed by atoms with Crippen molar-refractivity contribution in [2.24, 2.45) is 0 Å². The van der Waals surface area contributed by atoms with Crippen LogP contribution < -0.4 is 14.5 Å². The molecule has 0 N–H and O–H groups in total. The van der Waals surface area contributed by atoms with Gasteiger partial charge in [0.15, 0.2) is 11.3 Å². The van der Waals surface area contributed by atoms with E-state index in [4.69, 9.17) is 23.5 Å². The summed E-state index contributed by atoms with van der Waals surface area (Å²) >= 11 is 0. The zero-order valence-electron chi connectivity index (χ0n) is 35.2. The fourth-order valence-corrected chi connectivity index (χ4v) is 9.86. The molecule has 1 aliphatic rings. The summed E-state index contributed by atoms with van der Waals surface area (Å²) in [7, 11) is 0. The Morgan fingerprint density at radius 1 is 0.500 bits per heavy atom. The number of rotatable bonds is 7. The van der Waals surface area contributed by atoms with E-state index >= 15 is 0 Å². The minimum atomic E-state index is 0.568. The van der Waals surface area contributed by atoms with Crippen LogP contribution in [0.1, 0.15) is 0 Å².